The Kier molecular flexibility index (Phi) is 6.95. The predicted octanol–water partition coefficient (Wildman–Crippen LogP) is 4.67. The highest BCUT2D eigenvalue weighted by Gasteiger charge is 2.05. The number of anilines is 1. The Bertz CT molecular complexity index is 702. The van der Waals surface area contributed by atoms with Crippen molar-refractivity contribution in [1.29, 1.82) is 0 Å². The molecule has 2 amide bonds. The van der Waals surface area contributed by atoms with E-state index in [0.717, 1.165) is 5.75 Å². The van der Waals surface area contributed by atoms with Crippen LogP contribution in [0.15, 0.2) is 42.5 Å². The number of hydrogen-bond donors (Lipinski definition) is 2. The summed E-state index contributed by atoms with van der Waals surface area (Å²) >= 11 is 6.02. The number of ether oxygens (including phenoxy) is 2. The second-order valence-electron chi connectivity index (χ2n) is 5.80. The van der Waals surface area contributed by atoms with Gasteiger partial charge in [-0.1, -0.05) is 37.6 Å². The molecule has 6 heteroatoms. The molecule has 2 rings (SSSR count). The molecule has 0 spiro atoms. The number of amides is 2. The Morgan fingerprint density at radius 1 is 1.16 bits per heavy atom. The van der Waals surface area contributed by atoms with E-state index >= 15 is 0 Å². The van der Waals surface area contributed by atoms with Crippen LogP contribution in [0.4, 0.5) is 10.5 Å². The molecule has 0 aromatic heterocycles. The van der Waals surface area contributed by atoms with Gasteiger partial charge in [-0.2, -0.15) is 0 Å². The maximum absolute atomic E-state index is 11.9. The fourth-order valence-corrected chi connectivity index (χ4v) is 2.46. The molecule has 0 saturated carbocycles. The molecule has 0 heterocycles. The van der Waals surface area contributed by atoms with Crippen molar-refractivity contribution in [2.75, 3.05) is 25.6 Å². The lowest BCUT2D eigenvalue weighted by atomic mass is 10.0. The Morgan fingerprint density at radius 2 is 1.88 bits per heavy atom. The minimum absolute atomic E-state index is 0.319. The Hall–Kier alpha value is -2.40. The lowest BCUT2D eigenvalue weighted by Gasteiger charge is -2.11. The zero-order chi connectivity index (χ0) is 18.2. The summed E-state index contributed by atoms with van der Waals surface area (Å²) in [6.07, 6.45) is 0. The number of carbonyl (C=O) groups excluding carboxylic acids is 1. The smallest absolute Gasteiger partial charge is 0.319 e. The number of methoxy groups -OCH3 is 1. The molecule has 0 bridgehead atoms. The van der Waals surface area contributed by atoms with Gasteiger partial charge in [0.15, 0.2) is 0 Å². The predicted molar refractivity (Wildman–Crippen MR) is 101 cm³/mol. The molecule has 5 nitrogen and oxygen atoms in total. The second kappa shape index (κ2) is 9.18. The van der Waals surface area contributed by atoms with Crippen LogP contribution in [0, 0.1) is 0 Å². The standard InChI is InChI=1S/C19H23ClN2O3/c1-13(2)14-4-7-16(8-5-14)25-11-10-21-19(23)22-15-6-9-18(24-3)17(20)12-15/h4-9,12-13H,10-11H2,1-3H3,(H2,21,22,23). The minimum atomic E-state index is -0.319. The van der Waals surface area contributed by atoms with Gasteiger partial charge in [-0.15, -0.1) is 0 Å². The van der Waals surface area contributed by atoms with Crippen LogP contribution in [0.2, 0.25) is 5.02 Å². The third-order valence-electron chi connectivity index (χ3n) is 3.61. The van der Waals surface area contributed by atoms with Gasteiger partial charge in [0.2, 0.25) is 0 Å². The van der Waals surface area contributed by atoms with Crippen LogP contribution in [0.3, 0.4) is 0 Å². The van der Waals surface area contributed by atoms with Crippen molar-refractivity contribution in [3.05, 3.63) is 53.1 Å². The maximum Gasteiger partial charge on any atom is 0.319 e. The molecule has 0 aliphatic rings. The van der Waals surface area contributed by atoms with Gasteiger partial charge in [0.1, 0.15) is 18.1 Å². The van der Waals surface area contributed by atoms with Gasteiger partial charge >= 0.3 is 6.03 Å². The van der Waals surface area contributed by atoms with E-state index in [2.05, 4.69) is 24.5 Å². The summed E-state index contributed by atoms with van der Waals surface area (Å²) in [6, 6.07) is 12.7. The fourth-order valence-electron chi connectivity index (χ4n) is 2.20. The molecule has 0 aliphatic carbocycles. The first-order valence-corrected chi connectivity index (χ1v) is 8.48. The van der Waals surface area contributed by atoms with Crippen LogP contribution in [0.25, 0.3) is 0 Å². The summed E-state index contributed by atoms with van der Waals surface area (Å²) in [5.41, 5.74) is 1.86. The number of benzene rings is 2. The first kappa shape index (κ1) is 18.9. The molecule has 0 fully saturated rings. The molecular formula is C19H23ClN2O3. The van der Waals surface area contributed by atoms with Crippen LogP contribution in [0.1, 0.15) is 25.3 Å². The molecule has 0 atom stereocenters. The highest BCUT2D eigenvalue weighted by Crippen LogP contribution is 2.27. The molecule has 0 radical (unpaired) electrons. The Morgan fingerprint density at radius 3 is 2.48 bits per heavy atom. The average molecular weight is 363 g/mol. The molecule has 134 valence electrons. The van der Waals surface area contributed by atoms with E-state index < -0.39 is 0 Å². The normalized spacial score (nSPS) is 10.4. The molecule has 0 aliphatic heterocycles. The average Bonchev–Trinajstić information content (AvgIpc) is 2.59. The zero-order valence-electron chi connectivity index (χ0n) is 14.6. The fraction of sp³-hybridized carbons (Fsp3) is 0.316. The van der Waals surface area contributed by atoms with Crippen molar-refractivity contribution >= 4 is 23.3 Å². The van der Waals surface area contributed by atoms with Crippen molar-refractivity contribution in [2.24, 2.45) is 0 Å². The van der Waals surface area contributed by atoms with Gasteiger partial charge < -0.3 is 20.1 Å². The van der Waals surface area contributed by atoms with Gasteiger partial charge in [-0.05, 0) is 41.8 Å². The number of nitrogens with one attached hydrogen (secondary N) is 2. The minimum Gasteiger partial charge on any atom is -0.495 e. The zero-order valence-corrected chi connectivity index (χ0v) is 15.4. The molecule has 0 unspecified atom stereocenters. The third-order valence-corrected chi connectivity index (χ3v) is 3.91. The molecule has 2 N–H and O–H groups in total. The SMILES string of the molecule is COc1ccc(NC(=O)NCCOc2ccc(C(C)C)cc2)cc1Cl. The molecular weight excluding hydrogens is 340 g/mol. The summed E-state index contributed by atoms with van der Waals surface area (Å²) < 4.78 is 10.7. The topological polar surface area (TPSA) is 59.6 Å². The first-order valence-electron chi connectivity index (χ1n) is 8.10. The van der Waals surface area contributed by atoms with E-state index in [4.69, 9.17) is 21.1 Å². The largest absolute Gasteiger partial charge is 0.495 e. The molecule has 0 saturated heterocycles. The Balaban J connectivity index is 1.72. The van der Waals surface area contributed by atoms with Crippen molar-refractivity contribution < 1.29 is 14.3 Å². The van der Waals surface area contributed by atoms with Gasteiger partial charge in [0.05, 0.1) is 18.7 Å². The van der Waals surface area contributed by atoms with Gasteiger partial charge in [-0.3, -0.25) is 0 Å². The van der Waals surface area contributed by atoms with E-state index in [1.165, 1.54) is 12.7 Å². The van der Waals surface area contributed by atoms with Crippen molar-refractivity contribution in [2.45, 2.75) is 19.8 Å². The van der Waals surface area contributed by atoms with Crippen LogP contribution in [-0.4, -0.2) is 26.3 Å². The van der Waals surface area contributed by atoms with Crippen molar-refractivity contribution in [1.82, 2.24) is 5.32 Å². The van der Waals surface area contributed by atoms with Crippen LogP contribution < -0.4 is 20.1 Å². The highest BCUT2D eigenvalue weighted by atomic mass is 35.5. The van der Waals surface area contributed by atoms with Gasteiger partial charge in [0, 0.05) is 5.69 Å². The van der Waals surface area contributed by atoms with Gasteiger partial charge in [0.25, 0.3) is 0 Å². The van der Waals surface area contributed by atoms with Gasteiger partial charge in [-0.25, -0.2) is 4.79 Å². The third kappa shape index (κ3) is 5.87. The number of urea groups is 1. The van der Waals surface area contributed by atoms with E-state index in [1.54, 1.807) is 18.2 Å². The monoisotopic (exact) mass is 362 g/mol. The Labute approximate surface area is 153 Å². The summed E-state index contributed by atoms with van der Waals surface area (Å²) in [5, 5.41) is 5.88. The lowest BCUT2D eigenvalue weighted by Crippen LogP contribution is -2.32. The molecule has 2 aromatic rings. The highest BCUT2D eigenvalue weighted by molar-refractivity contribution is 6.32. The van der Waals surface area contributed by atoms with Crippen LogP contribution >= 0.6 is 11.6 Å². The van der Waals surface area contributed by atoms with E-state index in [9.17, 15) is 4.79 Å². The van der Waals surface area contributed by atoms with Crippen molar-refractivity contribution in [3.8, 4) is 11.5 Å². The van der Waals surface area contributed by atoms with Crippen LogP contribution in [-0.2, 0) is 0 Å². The number of rotatable bonds is 7. The number of carbonyl (C=O) groups is 1. The molecule has 2 aromatic carbocycles. The number of halogens is 1. The van der Waals surface area contributed by atoms with E-state index in [0.29, 0.717) is 35.5 Å². The van der Waals surface area contributed by atoms with Crippen molar-refractivity contribution in [3.63, 3.8) is 0 Å². The van der Waals surface area contributed by atoms with Crippen LogP contribution in [0.5, 0.6) is 11.5 Å². The summed E-state index contributed by atoms with van der Waals surface area (Å²) in [5.74, 6) is 1.84. The molecule has 25 heavy (non-hydrogen) atoms. The number of hydrogen-bond acceptors (Lipinski definition) is 3. The quantitative estimate of drug-likeness (QED) is 0.703. The summed E-state index contributed by atoms with van der Waals surface area (Å²) in [6.45, 7) is 5.07. The maximum atomic E-state index is 11.9. The van der Waals surface area contributed by atoms with E-state index in [-0.39, 0.29) is 6.03 Å². The summed E-state index contributed by atoms with van der Waals surface area (Å²) in [4.78, 5) is 11.9. The summed E-state index contributed by atoms with van der Waals surface area (Å²) in [7, 11) is 1.54. The first-order chi connectivity index (χ1) is 12.0. The van der Waals surface area contributed by atoms with E-state index in [1.807, 2.05) is 24.3 Å². The lowest BCUT2D eigenvalue weighted by molar-refractivity contribution is 0.247. The second-order valence-corrected chi connectivity index (χ2v) is 6.21.